The molecule has 2 aromatic heterocycles. The van der Waals surface area contributed by atoms with Crippen molar-refractivity contribution in [3.05, 3.63) is 31.4 Å². The number of aromatic amines is 1. The fourth-order valence-corrected chi connectivity index (χ4v) is 3.12. The number of aromatic nitrogens is 3. The van der Waals surface area contributed by atoms with Gasteiger partial charge in [0.05, 0.1) is 15.2 Å². The lowest BCUT2D eigenvalue weighted by atomic mass is 10.4. The van der Waals surface area contributed by atoms with Crippen LogP contribution in [0.25, 0.3) is 0 Å². The first-order chi connectivity index (χ1) is 10.5. The van der Waals surface area contributed by atoms with Crippen molar-refractivity contribution in [2.24, 2.45) is 7.05 Å². The van der Waals surface area contributed by atoms with E-state index in [1.165, 1.54) is 11.3 Å². The van der Waals surface area contributed by atoms with Gasteiger partial charge in [-0.1, -0.05) is 0 Å². The van der Waals surface area contributed by atoms with Crippen LogP contribution in [0.1, 0.15) is 15.5 Å². The molecule has 2 rings (SSSR count). The number of nitrogens with zero attached hydrogens (tertiary/aromatic N) is 2. The highest BCUT2D eigenvalue weighted by atomic mass is 79.9. The van der Waals surface area contributed by atoms with Gasteiger partial charge in [-0.3, -0.25) is 14.7 Å². The van der Waals surface area contributed by atoms with Gasteiger partial charge in [0, 0.05) is 20.0 Å². The third-order valence-corrected chi connectivity index (χ3v) is 4.84. The number of carbonyl (C=O) groups excluding carboxylic acids is 2. The van der Waals surface area contributed by atoms with Crippen LogP contribution in [0.3, 0.4) is 0 Å². The van der Waals surface area contributed by atoms with Crippen LogP contribution in [0.4, 0.5) is 0 Å². The van der Waals surface area contributed by atoms with Crippen molar-refractivity contribution in [1.29, 1.82) is 0 Å². The zero-order valence-electron chi connectivity index (χ0n) is 11.7. The lowest BCUT2D eigenvalue weighted by molar-refractivity contribution is -0.120. The smallest absolute Gasteiger partial charge is 0.261 e. The molecule has 0 spiro atoms. The van der Waals surface area contributed by atoms with Crippen LogP contribution in [0, 0.1) is 4.77 Å². The molecule has 0 fully saturated rings. The van der Waals surface area contributed by atoms with E-state index in [1.54, 1.807) is 16.7 Å². The van der Waals surface area contributed by atoms with E-state index in [0.29, 0.717) is 22.6 Å². The summed E-state index contributed by atoms with van der Waals surface area (Å²) in [5.74, 6) is 0.249. The van der Waals surface area contributed by atoms with E-state index in [2.05, 4.69) is 36.8 Å². The molecule has 0 aromatic carbocycles. The van der Waals surface area contributed by atoms with E-state index >= 15 is 0 Å². The van der Waals surface area contributed by atoms with Crippen molar-refractivity contribution < 1.29 is 9.59 Å². The van der Waals surface area contributed by atoms with Gasteiger partial charge in [-0.05, 0) is 40.3 Å². The second-order valence-corrected chi connectivity index (χ2v) is 7.24. The predicted octanol–water partition coefficient (Wildman–Crippen LogP) is 1.39. The number of carbonyl (C=O) groups is 2. The molecular formula is C12H14BrN5O2S2. The van der Waals surface area contributed by atoms with E-state index in [0.717, 1.165) is 9.61 Å². The maximum absolute atomic E-state index is 11.8. The van der Waals surface area contributed by atoms with Gasteiger partial charge in [0.1, 0.15) is 5.82 Å². The van der Waals surface area contributed by atoms with Gasteiger partial charge in [-0.25, -0.2) is 0 Å². The lowest BCUT2D eigenvalue weighted by Crippen LogP contribution is -2.37. The van der Waals surface area contributed by atoms with Gasteiger partial charge < -0.3 is 15.2 Å². The molecule has 7 nitrogen and oxygen atoms in total. The van der Waals surface area contributed by atoms with Gasteiger partial charge in [0.25, 0.3) is 5.91 Å². The number of H-pyrrole nitrogens is 1. The summed E-state index contributed by atoms with van der Waals surface area (Å²) in [6.45, 7) is 0.361. The second kappa shape index (κ2) is 7.65. The maximum Gasteiger partial charge on any atom is 0.261 e. The molecule has 10 heteroatoms. The molecule has 0 saturated heterocycles. The third-order valence-electron chi connectivity index (χ3n) is 2.85. The third kappa shape index (κ3) is 4.49. The average Bonchev–Trinajstić information content (AvgIpc) is 3.05. The molecule has 0 saturated carbocycles. The van der Waals surface area contributed by atoms with Crippen LogP contribution in [0.15, 0.2) is 15.9 Å². The average molecular weight is 404 g/mol. The summed E-state index contributed by atoms with van der Waals surface area (Å²) in [4.78, 5) is 24.0. The highest BCUT2D eigenvalue weighted by molar-refractivity contribution is 9.11. The fourth-order valence-electron chi connectivity index (χ4n) is 1.66. The van der Waals surface area contributed by atoms with Crippen molar-refractivity contribution in [2.45, 2.75) is 6.42 Å². The summed E-state index contributed by atoms with van der Waals surface area (Å²) in [7, 11) is 1.81. The molecular weight excluding hydrogens is 390 g/mol. The molecule has 2 aromatic rings. The molecule has 2 amide bonds. The standard InChI is InChI=1S/C12H14BrN5O2S2/c1-18-9(16-17-12(18)21)4-5-14-10(19)6-15-11(20)7-2-3-8(13)22-7/h2-3H,4-6H2,1H3,(H,14,19)(H,15,20)(H,17,21). The van der Waals surface area contributed by atoms with E-state index in [-0.39, 0.29) is 18.4 Å². The largest absolute Gasteiger partial charge is 0.354 e. The van der Waals surface area contributed by atoms with E-state index < -0.39 is 0 Å². The van der Waals surface area contributed by atoms with Crippen molar-refractivity contribution in [2.75, 3.05) is 13.1 Å². The Bertz CT molecular complexity index is 736. The number of amides is 2. The highest BCUT2D eigenvalue weighted by Gasteiger charge is 2.10. The Morgan fingerprint density at radius 3 is 2.82 bits per heavy atom. The minimum atomic E-state index is -0.264. The monoisotopic (exact) mass is 403 g/mol. The van der Waals surface area contributed by atoms with E-state index in [9.17, 15) is 9.59 Å². The number of halogens is 1. The molecule has 0 unspecified atom stereocenters. The Hall–Kier alpha value is -1.52. The number of hydrogen-bond donors (Lipinski definition) is 3. The Labute approximate surface area is 144 Å². The lowest BCUT2D eigenvalue weighted by Gasteiger charge is -2.06. The van der Waals surface area contributed by atoms with Crippen LogP contribution in [-0.2, 0) is 18.3 Å². The number of nitrogens with one attached hydrogen (secondary N) is 3. The fraction of sp³-hybridized carbons (Fsp3) is 0.333. The van der Waals surface area contributed by atoms with E-state index in [1.807, 2.05) is 7.05 Å². The summed E-state index contributed by atoms with van der Waals surface area (Å²) < 4.78 is 3.16. The minimum Gasteiger partial charge on any atom is -0.354 e. The van der Waals surface area contributed by atoms with Crippen LogP contribution in [0.2, 0.25) is 0 Å². The first-order valence-electron chi connectivity index (χ1n) is 6.38. The topological polar surface area (TPSA) is 91.8 Å². The molecule has 0 aliphatic heterocycles. The van der Waals surface area contributed by atoms with Crippen molar-refractivity contribution >= 4 is 51.3 Å². The Balaban J connectivity index is 1.71. The summed E-state index contributed by atoms with van der Waals surface area (Å²) in [5.41, 5.74) is 0. The zero-order valence-corrected chi connectivity index (χ0v) is 14.9. The number of thiophene rings is 1. The molecule has 0 radical (unpaired) electrons. The van der Waals surface area contributed by atoms with Crippen molar-refractivity contribution in [3.8, 4) is 0 Å². The van der Waals surface area contributed by atoms with Gasteiger partial charge in [0.2, 0.25) is 5.91 Å². The molecule has 0 aliphatic carbocycles. The molecule has 22 heavy (non-hydrogen) atoms. The van der Waals surface area contributed by atoms with E-state index in [4.69, 9.17) is 12.2 Å². The SMILES string of the molecule is Cn1c(CCNC(=O)CNC(=O)c2ccc(Br)s2)n[nH]c1=S. The Morgan fingerprint density at radius 1 is 1.45 bits per heavy atom. The quantitative estimate of drug-likeness (QED) is 0.635. The number of rotatable bonds is 6. The molecule has 0 atom stereocenters. The van der Waals surface area contributed by atoms with Gasteiger partial charge in [-0.15, -0.1) is 11.3 Å². The predicted molar refractivity (Wildman–Crippen MR) is 89.5 cm³/mol. The van der Waals surface area contributed by atoms with Crippen LogP contribution in [0.5, 0.6) is 0 Å². The summed E-state index contributed by atoms with van der Waals surface area (Å²) >= 11 is 9.60. The molecule has 3 N–H and O–H groups in total. The summed E-state index contributed by atoms with van der Waals surface area (Å²) in [6, 6.07) is 3.49. The van der Waals surface area contributed by atoms with Gasteiger partial charge >= 0.3 is 0 Å². The normalized spacial score (nSPS) is 10.5. The van der Waals surface area contributed by atoms with Gasteiger partial charge in [-0.2, -0.15) is 5.10 Å². The minimum absolute atomic E-state index is 0.0622. The zero-order chi connectivity index (χ0) is 16.1. The summed E-state index contributed by atoms with van der Waals surface area (Å²) in [6.07, 6.45) is 0.557. The van der Waals surface area contributed by atoms with Crippen LogP contribution in [-0.4, -0.2) is 39.7 Å². The molecule has 118 valence electrons. The van der Waals surface area contributed by atoms with Crippen molar-refractivity contribution in [3.63, 3.8) is 0 Å². The summed E-state index contributed by atoms with van der Waals surface area (Å²) in [5, 5.41) is 12.0. The second-order valence-electron chi connectivity index (χ2n) is 4.39. The maximum atomic E-state index is 11.8. The van der Waals surface area contributed by atoms with Crippen LogP contribution >= 0.6 is 39.5 Å². The number of hydrogen-bond acceptors (Lipinski definition) is 5. The first-order valence-corrected chi connectivity index (χ1v) is 8.39. The Morgan fingerprint density at radius 2 is 2.23 bits per heavy atom. The first kappa shape index (κ1) is 16.8. The molecule has 0 aliphatic rings. The van der Waals surface area contributed by atoms with Crippen molar-refractivity contribution in [1.82, 2.24) is 25.4 Å². The molecule has 2 heterocycles. The van der Waals surface area contributed by atoms with Gasteiger partial charge in [0.15, 0.2) is 4.77 Å². The van der Waals surface area contributed by atoms with Crippen LogP contribution < -0.4 is 10.6 Å². The Kier molecular flexibility index (Phi) is 5.86. The highest BCUT2D eigenvalue weighted by Crippen LogP contribution is 2.21. The molecule has 0 bridgehead atoms.